The molecule has 0 aliphatic heterocycles. The van der Waals surface area contributed by atoms with Gasteiger partial charge in [0.25, 0.3) is 0 Å². The molecule has 0 aliphatic rings. The third kappa shape index (κ3) is 2.33. The van der Waals surface area contributed by atoms with Crippen molar-refractivity contribution < 1.29 is 0 Å². The topological polar surface area (TPSA) is 0 Å². The minimum atomic E-state index is 0.256. The molecule has 1 aromatic rings. The van der Waals surface area contributed by atoms with Gasteiger partial charge >= 0.3 is 0 Å². The second kappa shape index (κ2) is 3.81. The molecule has 68 valence electrons. The van der Waals surface area contributed by atoms with Crippen molar-refractivity contribution >= 4 is 43.2 Å². The van der Waals surface area contributed by atoms with Crippen LogP contribution in [0.25, 0.3) is 0 Å². The van der Waals surface area contributed by atoms with Crippen molar-refractivity contribution in [3.63, 3.8) is 0 Å². The summed E-state index contributed by atoms with van der Waals surface area (Å²) in [4.78, 5) is 1.43. The molecule has 0 aliphatic carbocycles. The van der Waals surface area contributed by atoms with E-state index in [0.717, 1.165) is 5.33 Å². The van der Waals surface area contributed by atoms with Crippen LogP contribution in [0, 0.1) is 0 Å². The Morgan fingerprint density at radius 2 is 2.00 bits per heavy atom. The fourth-order valence-electron chi connectivity index (χ4n) is 1.13. The summed E-state index contributed by atoms with van der Waals surface area (Å²) in [5, 5.41) is 0.954. The van der Waals surface area contributed by atoms with Gasteiger partial charge in [-0.05, 0) is 33.0 Å². The van der Waals surface area contributed by atoms with Crippen LogP contribution >= 0.6 is 43.2 Å². The van der Waals surface area contributed by atoms with Gasteiger partial charge in [0, 0.05) is 10.2 Å². The Bertz CT molecular complexity index is 271. The molecule has 1 heterocycles. The molecule has 0 saturated carbocycles. The predicted octanol–water partition coefficient (Wildman–Crippen LogP) is 4.70. The van der Waals surface area contributed by atoms with Gasteiger partial charge in [0.15, 0.2) is 0 Å². The van der Waals surface area contributed by atoms with E-state index in [9.17, 15) is 0 Å². The molecule has 0 aromatic carbocycles. The highest BCUT2D eigenvalue weighted by Gasteiger charge is 2.19. The first-order chi connectivity index (χ1) is 5.45. The molecule has 0 saturated heterocycles. The van der Waals surface area contributed by atoms with E-state index in [0.29, 0.717) is 0 Å². The molecule has 0 N–H and O–H groups in total. The van der Waals surface area contributed by atoms with Crippen LogP contribution in [0.4, 0.5) is 0 Å². The van der Waals surface area contributed by atoms with Crippen LogP contribution in [0.1, 0.15) is 31.2 Å². The summed E-state index contributed by atoms with van der Waals surface area (Å²) >= 11 is 8.83. The molecule has 0 fully saturated rings. The van der Waals surface area contributed by atoms with E-state index in [2.05, 4.69) is 58.7 Å². The van der Waals surface area contributed by atoms with Gasteiger partial charge in [-0.25, -0.2) is 0 Å². The van der Waals surface area contributed by atoms with Gasteiger partial charge in [0.05, 0.1) is 3.79 Å². The number of thiophene rings is 1. The lowest BCUT2D eigenvalue weighted by Crippen LogP contribution is -2.11. The summed E-state index contributed by atoms with van der Waals surface area (Å²) in [5.41, 5.74) is 1.70. The summed E-state index contributed by atoms with van der Waals surface area (Å²) in [6.07, 6.45) is 0. The largest absolute Gasteiger partial charge is 0.132 e. The molecule has 0 nitrogen and oxygen atoms in total. The second-order valence-electron chi connectivity index (χ2n) is 3.77. The normalized spacial score (nSPS) is 12.1. The Hall–Kier alpha value is 0.660. The van der Waals surface area contributed by atoms with Crippen molar-refractivity contribution in [3.8, 4) is 0 Å². The first-order valence-electron chi connectivity index (χ1n) is 3.80. The molecule has 3 heteroatoms. The summed E-state index contributed by atoms with van der Waals surface area (Å²) in [7, 11) is 0. The van der Waals surface area contributed by atoms with Crippen LogP contribution in [0.3, 0.4) is 0 Å². The summed E-state index contributed by atoms with van der Waals surface area (Å²) in [6.45, 7) is 6.73. The van der Waals surface area contributed by atoms with Gasteiger partial charge < -0.3 is 0 Å². The summed E-state index contributed by atoms with van der Waals surface area (Å²) in [5.74, 6) is 0. The number of rotatable bonds is 1. The van der Waals surface area contributed by atoms with Crippen molar-refractivity contribution in [1.82, 2.24) is 0 Å². The number of hydrogen-bond donors (Lipinski definition) is 0. The number of hydrogen-bond acceptors (Lipinski definition) is 1. The van der Waals surface area contributed by atoms with Crippen LogP contribution in [-0.4, -0.2) is 0 Å². The maximum absolute atomic E-state index is 3.51. The van der Waals surface area contributed by atoms with Crippen LogP contribution in [0.2, 0.25) is 0 Å². The second-order valence-corrected chi connectivity index (χ2v) is 6.85. The first kappa shape index (κ1) is 10.7. The first-order valence-corrected chi connectivity index (χ1v) is 6.53. The molecule has 0 spiro atoms. The highest BCUT2D eigenvalue weighted by atomic mass is 79.9. The summed E-state index contributed by atoms with van der Waals surface area (Å²) in [6, 6.07) is 2.22. The minimum Gasteiger partial charge on any atom is -0.132 e. The molecule has 0 radical (unpaired) electrons. The van der Waals surface area contributed by atoms with E-state index in [1.165, 1.54) is 14.2 Å². The zero-order valence-electron chi connectivity index (χ0n) is 7.45. The van der Waals surface area contributed by atoms with Crippen molar-refractivity contribution in [2.75, 3.05) is 0 Å². The van der Waals surface area contributed by atoms with Crippen LogP contribution in [0.15, 0.2) is 9.85 Å². The molecule has 0 bridgehead atoms. The highest BCUT2D eigenvalue weighted by molar-refractivity contribution is 9.11. The fraction of sp³-hybridized carbons (Fsp3) is 0.556. The smallest absolute Gasteiger partial charge is 0.0704 e. The lowest BCUT2D eigenvalue weighted by Gasteiger charge is -2.18. The van der Waals surface area contributed by atoms with Crippen LogP contribution in [0.5, 0.6) is 0 Å². The molecule has 1 aromatic heterocycles. The van der Waals surface area contributed by atoms with Crippen molar-refractivity contribution in [2.45, 2.75) is 31.5 Å². The van der Waals surface area contributed by atoms with E-state index in [1.807, 2.05) is 11.3 Å². The Balaban J connectivity index is 3.13. The number of alkyl halides is 1. The van der Waals surface area contributed by atoms with Gasteiger partial charge in [-0.1, -0.05) is 36.7 Å². The maximum atomic E-state index is 3.51. The van der Waals surface area contributed by atoms with E-state index >= 15 is 0 Å². The molecule has 12 heavy (non-hydrogen) atoms. The summed E-state index contributed by atoms with van der Waals surface area (Å²) < 4.78 is 1.22. The van der Waals surface area contributed by atoms with E-state index < -0.39 is 0 Å². The SMILES string of the molecule is CC(C)(C)c1cc(Br)sc1CBr. The number of halogens is 2. The molecular weight excluding hydrogens is 300 g/mol. The Morgan fingerprint density at radius 3 is 2.33 bits per heavy atom. The van der Waals surface area contributed by atoms with Crippen molar-refractivity contribution in [3.05, 3.63) is 20.3 Å². The van der Waals surface area contributed by atoms with Gasteiger partial charge in [0.2, 0.25) is 0 Å². The standard InChI is InChI=1S/C9H12Br2S/c1-9(2,3)6-4-8(11)12-7(6)5-10/h4H,5H2,1-3H3. The van der Waals surface area contributed by atoms with Crippen LogP contribution < -0.4 is 0 Å². The van der Waals surface area contributed by atoms with Crippen molar-refractivity contribution in [1.29, 1.82) is 0 Å². The maximum Gasteiger partial charge on any atom is 0.0704 e. The van der Waals surface area contributed by atoms with Crippen LogP contribution in [-0.2, 0) is 10.7 Å². The lowest BCUT2D eigenvalue weighted by atomic mass is 9.88. The molecular formula is C9H12Br2S. The minimum absolute atomic E-state index is 0.256. The van der Waals surface area contributed by atoms with E-state index in [1.54, 1.807) is 0 Å². The Labute approximate surface area is 94.6 Å². The zero-order chi connectivity index (χ0) is 9.35. The van der Waals surface area contributed by atoms with Gasteiger partial charge in [-0.2, -0.15) is 0 Å². The molecule has 0 amide bonds. The zero-order valence-corrected chi connectivity index (χ0v) is 11.4. The monoisotopic (exact) mass is 310 g/mol. The van der Waals surface area contributed by atoms with Gasteiger partial charge in [-0.3, -0.25) is 0 Å². The van der Waals surface area contributed by atoms with E-state index in [-0.39, 0.29) is 5.41 Å². The molecule has 1 rings (SSSR count). The average Bonchev–Trinajstić information content (AvgIpc) is 2.29. The Kier molecular flexibility index (Phi) is 3.41. The van der Waals surface area contributed by atoms with Gasteiger partial charge in [-0.15, -0.1) is 11.3 Å². The fourth-order valence-corrected chi connectivity index (χ4v) is 3.53. The highest BCUT2D eigenvalue weighted by Crippen LogP contribution is 2.36. The quantitative estimate of drug-likeness (QED) is 0.659. The third-order valence-electron chi connectivity index (χ3n) is 1.71. The van der Waals surface area contributed by atoms with E-state index in [4.69, 9.17) is 0 Å². The third-order valence-corrected chi connectivity index (χ3v) is 4.28. The predicted molar refractivity (Wildman–Crippen MR) is 63.4 cm³/mol. The molecule has 0 unspecified atom stereocenters. The average molecular weight is 312 g/mol. The van der Waals surface area contributed by atoms with Gasteiger partial charge in [0.1, 0.15) is 0 Å². The lowest BCUT2D eigenvalue weighted by molar-refractivity contribution is 0.589. The molecule has 0 atom stereocenters. The Morgan fingerprint density at radius 1 is 1.42 bits per heavy atom. The van der Waals surface area contributed by atoms with Crippen molar-refractivity contribution in [2.24, 2.45) is 0 Å².